The molecule has 1 aliphatic carbocycles. The van der Waals surface area contributed by atoms with Gasteiger partial charge in [0.2, 0.25) is 11.6 Å². The number of amides is 1. The van der Waals surface area contributed by atoms with Crippen LogP contribution in [-0.2, 0) is 19.1 Å². The molecule has 1 amide bonds. The van der Waals surface area contributed by atoms with Crippen molar-refractivity contribution in [3.8, 4) is 0 Å². The Balaban J connectivity index is 0.000000200. The minimum absolute atomic E-state index is 0.0586. The van der Waals surface area contributed by atoms with Gasteiger partial charge in [0.15, 0.2) is 16.0 Å². The van der Waals surface area contributed by atoms with Crippen LogP contribution in [0.25, 0.3) is 11.2 Å². The molecule has 0 aromatic carbocycles. The molecule has 0 spiro atoms. The molecule has 3 aliphatic heterocycles. The van der Waals surface area contributed by atoms with Gasteiger partial charge in [-0.15, -0.1) is 0 Å². The minimum Gasteiger partial charge on any atom is -0.449 e. The van der Waals surface area contributed by atoms with E-state index < -0.39 is 23.5 Å². The number of allylic oxidation sites excluding steroid dienone is 2. The first-order valence-electron chi connectivity index (χ1n) is 10.4. The summed E-state index contributed by atoms with van der Waals surface area (Å²) >= 11 is 4.91. The third-order valence-electron chi connectivity index (χ3n) is 6.71. The topological polar surface area (TPSA) is 204 Å². The summed E-state index contributed by atoms with van der Waals surface area (Å²) in [5, 5.41) is 3.28. The zero-order chi connectivity index (χ0) is 24.4. The third kappa shape index (κ3) is 2.99. The molecule has 7 N–H and O–H groups in total. The Hall–Kier alpha value is -3.62. The van der Waals surface area contributed by atoms with Crippen LogP contribution in [0.3, 0.4) is 0 Å². The summed E-state index contributed by atoms with van der Waals surface area (Å²) in [4.78, 5) is 52.0. The van der Waals surface area contributed by atoms with Crippen molar-refractivity contribution in [3.05, 3.63) is 39.8 Å². The maximum Gasteiger partial charge on any atom is 0.404 e. The first-order valence-corrected chi connectivity index (χ1v) is 10.8. The minimum atomic E-state index is -0.957. The van der Waals surface area contributed by atoms with E-state index in [1.54, 1.807) is 6.33 Å². The van der Waals surface area contributed by atoms with Crippen LogP contribution >= 0.6 is 12.2 Å². The van der Waals surface area contributed by atoms with Crippen LogP contribution in [0, 0.1) is 10.6 Å². The number of hydrogen-bond donors (Lipinski definition) is 5. The second kappa shape index (κ2) is 7.72. The summed E-state index contributed by atoms with van der Waals surface area (Å²) in [6.45, 7) is 1.92. The average molecular weight is 487 g/mol. The number of ether oxygens (including phenoxy) is 2. The Bertz CT molecular complexity index is 1360. The SMILES string of the molecule is CO[C@@]12[C@H](COC(N)=O)C3=C(C(=O)C(C)=C(N)C3=O)N1C[C@@H]1N[C@@H]12.S=c1nc[nH]c2nc[nH]c12. The van der Waals surface area contributed by atoms with Gasteiger partial charge < -0.3 is 41.1 Å². The molecule has 13 nitrogen and oxygen atoms in total. The van der Waals surface area contributed by atoms with Gasteiger partial charge in [0, 0.05) is 30.8 Å². The normalized spacial score (nSPS) is 29.0. The fourth-order valence-electron chi connectivity index (χ4n) is 5.09. The smallest absolute Gasteiger partial charge is 0.404 e. The number of Topliss-reactive ketones (excluding diaryl/α,β-unsaturated/α-hetero) is 2. The highest BCUT2D eigenvalue weighted by Crippen LogP contribution is 2.55. The van der Waals surface area contributed by atoms with E-state index >= 15 is 0 Å². The number of nitrogens with two attached hydrogens (primary N) is 2. The maximum atomic E-state index is 12.8. The molecule has 0 bridgehead atoms. The monoisotopic (exact) mass is 486 g/mol. The molecule has 0 saturated carbocycles. The van der Waals surface area contributed by atoms with Gasteiger partial charge in [-0.25, -0.2) is 14.8 Å². The number of primary amides is 1. The van der Waals surface area contributed by atoms with Gasteiger partial charge in [0.1, 0.15) is 12.1 Å². The van der Waals surface area contributed by atoms with Crippen molar-refractivity contribution in [2.75, 3.05) is 20.3 Å². The van der Waals surface area contributed by atoms with Crippen LogP contribution in [0.15, 0.2) is 35.2 Å². The van der Waals surface area contributed by atoms with Crippen molar-refractivity contribution in [3.63, 3.8) is 0 Å². The number of methoxy groups -OCH3 is 1. The molecule has 34 heavy (non-hydrogen) atoms. The van der Waals surface area contributed by atoms with Crippen molar-refractivity contribution in [2.24, 2.45) is 17.4 Å². The first-order chi connectivity index (χ1) is 16.2. The summed E-state index contributed by atoms with van der Waals surface area (Å²) in [6, 6.07) is 0.109. The quantitative estimate of drug-likeness (QED) is 0.210. The molecule has 5 heterocycles. The van der Waals surface area contributed by atoms with Crippen molar-refractivity contribution < 1.29 is 23.9 Å². The zero-order valence-electron chi connectivity index (χ0n) is 18.2. The Morgan fingerprint density at radius 2 is 2.03 bits per heavy atom. The van der Waals surface area contributed by atoms with Crippen molar-refractivity contribution in [1.29, 1.82) is 0 Å². The number of ketones is 2. The molecule has 14 heteroatoms. The molecule has 2 aromatic rings. The predicted octanol–water partition coefficient (Wildman–Crippen LogP) is -0.636. The van der Waals surface area contributed by atoms with Crippen molar-refractivity contribution in [2.45, 2.75) is 24.7 Å². The molecule has 2 aromatic heterocycles. The highest BCUT2D eigenvalue weighted by Gasteiger charge is 2.72. The second-order valence-corrected chi connectivity index (χ2v) is 8.68. The van der Waals surface area contributed by atoms with Gasteiger partial charge in [0.05, 0.1) is 36.0 Å². The Labute approximate surface area is 197 Å². The lowest BCUT2D eigenvalue weighted by atomic mass is 9.82. The largest absolute Gasteiger partial charge is 0.449 e. The molecule has 0 radical (unpaired) electrons. The Kier molecular flexibility index (Phi) is 5.03. The molecule has 0 unspecified atom stereocenters. The van der Waals surface area contributed by atoms with Crippen LogP contribution in [0.4, 0.5) is 4.79 Å². The maximum absolute atomic E-state index is 12.8. The summed E-state index contributed by atoms with van der Waals surface area (Å²) in [5.74, 6) is -1.34. The van der Waals surface area contributed by atoms with Gasteiger partial charge in [-0.1, -0.05) is 12.2 Å². The molecule has 4 aliphatic rings. The fourth-order valence-corrected chi connectivity index (χ4v) is 5.30. The molecule has 4 atom stereocenters. The average Bonchev–Trinajstić information content (AvgIpc) is 3.18. The standard InChI is InChI=1S/C15H18N4O5.C5H4N4S/c1-5-9(16)12(21)8-6(4-24-14(17)22)15(23-2)13-7(18-13)3-19(15)10(8)11(5)20;10-5-3-4(7-1-6-3)8-2-9-5/h6-7,13,18H,3-4,16H2,1-2H3,(H2,17,22);1-2H,(H2,6,7,8,9,10)/t6-,7+,13+,15-;/m1./s1. The number of piperazine rings is 1. The molecule has 6 rings (SSSR count). The van der Waals surface area contributed by atoms with E-state index in [1.165, 1.54) is 20.4 Å². The van der Waals surface area contributed by atoms with Gasteiger partial charge in [-0.3, -0.25) is 9.59 Å². The van der Waals surface area contributed by atoms with E-state index in [2.05, 4.69) is 25.3 Å². The van der Waals surface area contributed by atoms with Crippen LogP contribution in [0.1, 0.15) is 6.92 Å². The van der Waals surface area contributed by atoms with E-state index in [0.29, 0.717) is 16.9 Å². The summed E-state index contributed by atoms with van der Waals surface area (Å²) in [7, 11) is 1.52. The summed E-state index contributed by atoms with van der Waals surface area (Å²) < 4.78 is 11.3. The van der Waals surface area contributed by atoms with Gasteiger partial charge in [-0.2, -0.15) is 0 Å². The van der Waals surface area contributed by atoms with Gasteiger partial charge in [0.25, 0.3) is 0 Å². The van der Waals surface area contributed by atoms with E-state index in [4.69, 9.17) is 33.2 Å². The number of nitrogens with one attached hydrogen (secondary N) is 3. The number of hydrogen-bond acceptors (Lipinski definition) is 11. The second-order valence-electron chi connectivity index (χ2n) is 8.29. The number of aromatic nitrogens is 4. The molecule has 2 saturated heterocycles. The Morgan fingerprint density at radius 1 is 1.29 bits per heavy atom. The van der Waals surface area contributed by atoms with Crippen LogP contribution < -0.4 is 16.8 Å². The fraction of sp³-hybridized carbons (Fsp3) is 0.400. The number of carbonyl (C=O) groups excluding carboxylic acids is 3. The van der Waals surface area contributed by atoms with E-state index in [-0.39, 0.29) is 41.3 Å². The summed E-state index contributed by atoms with van der Waals surface area (Å²) in [5.41, 5.74) is 12.2. The lowest BCUT2D eigenvalue weighted by molar-refractivity contribution is -0.137. The number of carbonyl (C=O) groups is 3. The number of H-pyrrole nitrogens is 2. The molecular formula is C20H22N8O5S. The van der Waals surface area contributed by atoms with Gasteiger partial charge >= 0.3 is 6.09 Å². The molecular weight excluding hydrogens is 464 g/mol. The number of nitrogens with zero attached hydrogens (tertiary/aromatic N) is 3. The van der Waals surface area contributed by atoms with E-state index in [9.17, 15) is 14.4 Å². The third-order valence-corrected chi connectivity index (χ3v) is 7.02. The zero-order valence-corrected chi connectivity index (χ0v) is 19.1. The first kappa shape index (κ1) is 22.2. The number of imidazole rings is 1. The molecule has 2 fully saturated rings. The van der Waals surface area contributed by atoms with Crippen molar-refractivity contribution in [1.82, 2.24) is 30.2 Å². The predicted molar refractivity (Wildman–Crippen MR) is 119 cm³/mol. The number of fused-ring (bicyclic) bond motifs is 5. The van der Waals surface area contributed by atoms with E-state index in [1.807, 2.05) is 4.90 Å². The van der Waals surface area contributed by atoms with Crippen molar-refractivity contribution >= 4 is 41.0 Å². The Morgan fingerprint density at radius 3 is 2.71 bits per heavy atom. The number of aromatic amines is 2. The lowest BCUT2D eigenvalue weighted by Gasteiger charge is -2.39. The molecule has 178 valence electrons. The van der Waals surface area contributed by atoms with Crippen LogP contribution in [-0.4, -0.2) is 80.6 Å². The van der Waals surface area contributed by atoms with Crippen LogP contribution in [0.2, 0.25) is 0 Å². The lowest BCUT2D eigenvalue weighted by Crippen LogP contribution is -2.55. The number of rotatable bonds is 3. The van der Waals surface area contributed by atoms with Gasteiger partial charge in [-0.05, 0) is 6.92 Å². The van der Waals surface area contributed by atoms with E-state index in [0.717, 1.165) is 11.2 Å². The highest BCUT2D eigenvalue weighted by molar-refractivity contribution is 7.71. The van der Waals surface area contributed by atoms with Crippen LogP contribution in [0.5, 0.6) is 0 Å². The highest BCUT2D eigenvalue weighted by atomic mass is 32.1. The summed E-state index contributed by atoms with van der Waals surface area (Å²) in [6.07, 6.45) is 2.17.